The van der Waals surface area contributed by atoms with Gasteiger partial charge in [-0.15, -0.1) is 24.0 Å². The van der Waals surface area contributed by atoms with Gasteiger partial charge in [0, 0.05) is 30.8 Å². The Hall–Kier alpha value is -1.75. The number of ether oxygens (including phenoxy) is 2. The Labute approximate surface area is 203 Å². The Bertz CT molecular complexity index is 694. The van der Waals surface area contributed by atoms with Crippen LogP contribution < -0.4 is 25.8 Å². The Morgan fingerprint density at radius 3 is 2.58 bits per heavy atom. The second-order valence-corrected chi connectivity index (χ2v) is 7.41. The Balaban J connectivity index is 0.00000480. The number of rotatable bonds is 11. The molecule has 1 aromatic rings. The fourth-order valence-corrected chi connectivity index (χ4v) is 3.54. The molecular weight excluding hydrogens is 509 g/mol. The highest BCUT2D eigenvalue weighted by molar-refractivity contribution is 14.0. The van der Waals surface area contributed by atoms with Crippen molar-refractivity contribution in [3.8, 4) is 11.5 Å². The molecule has 1 fully saturated rings. The van der Waals surface area contributed by atoms with Crippen LogP contribution in [-0.4, -0.2) is 63.2 Å². The smallest absolute Gasteiger partial charge is 0.220 e. The number of likely N-dealkylation sites (tertiary alicyclic amines) is 1. The maximum atomic E-state index is 11.3. The number of nitrogens with two attached hydrogens (primary N) is 1. The van der Waals surface area contributed by atoms with Gasteiger partial charge in [0.05, 0.1) is 13.7 Å². The van der Waals surface area contributed by atoms with Gasteiger partial charge in [-0.3, -0.25) is 9.79 Å². The van der Waals surface area contributed by atoms with Gasteiger partial charge in [0.15, 0.2) is 17.5 Å². The Kier molecular flexibility index (Phi) is 13.3. The predicted molar refractivity (Wildman–Crippen MR) is 137 cm³/mol. The van der Waals surface area contributed by atoms with Crippen molar-refractivity contribution in [2.75, 3.05) is 51.8 Å². The number of piperidine rings is 1. The lowest BCUT2D eigenvalue weighted by atomic mass is 9.96. The van der Waals surface area contributed by atoms with Gasteiger partial charge in [0.25, 0.3) is 0 Å². The molecule has 0 bridgehead atoms. The summed E-state index contributed by atoms with van der Waals surface area (Å²) >= 11 is 0. The third kappa shape index (κ3) is 9.51. The number of unbranched alkanes of at least 4 members (excludes halogenated alkanes) is 1. The molecule has 1 heterocycles. The van der Waals surface area contributed by atoms with Gasteiger partial charge in [0.1, 0.15) is 0 Å². The van der Waals surface area contributed by atoms with Crippen molar-refractivity contribution >= 4 is 41.5 Å². The zero-order valence-corrected chi connectivity index (χ0v) is 21.3. The molecule has 176 valence electrons. The number of anilines is 1. The first-order chi connectivity index (χ1) is 14.6. The van der Waals surface area contributed by atoms with Gasteiger partial charge in [-0.1, -0.05) is 0 Å². The first kappa shape index (κ1) is 27.3. The number of methoxy groups -OCH3 is 1. The molecule has 31 heavy (non-hydrogen) atoms. The fraction of sp³-hybridized carbons (Fsp3) is 0.636. The molecule has 2 rings (SSSR count). The summed E-state index contributed by atoms with van der Waals surface area (Å²) in [5.41, 5.74) is 6.30. The van der Waals surface area contributed by atoms with Crippen LogP contribution in [0, 0.1) is 5.92 Å². The molecule has 1 saturated heterocycles. The lowest BCUT2D eigenvalue weighted by Crippen LogP contribution is -2.38. The molecule has 0 spiro atoms. The van der Waals surface area contributed by atoms with E-state index < -0.39 is 0 Å². The second kappa shape index (κ2) is 15.1. The average molecular weight is 547 g/mol. The number of benzene rings is 1. The first-order valence-electron chi connectivity index (χ1n) is 10.9. The van der Waals surface area contributed by atoms with Crippen LogP contribution in [0.3, 0.4) is 0 Å². The number of halogens is 1. The van der Waals surface area contributed by atoms with Gasteiger partial charge in [-0.05, 0) is 71.3 Å². The maximum Gasteiger partial charge on any atom is 0.220 e. The van der Waals surface area contributed by atoms with Crippen molar-refractivity contribution in [1.29, 1.82) is 0 Å². The van der Waals surface area contributed by atoms with E-state index in [1.54, 1.807) is 7.11 Å². The Morgan fingerprint density at radius 1 is 1.23 bits per heavy atom. The van der Waals surface area contributed by atoms with E-state index in [1.807, 2.05) is 32.0 Å². The van der Waals surface area contributed by atoms with Gasteiger partial charge >= 0.3 is 0 Å². The second-order valence-electron chi connectivity index (χ2n) is 7.41. The van der Waals surface area contributed by atoms with E-state index in [4.69, 9.17) is 15.2 Å². The molecule has 1 amide bonds. The molecule has 1 aliphatic rings. The topological polar surface area (TPSA) is 101 Å². The number of carbonyl (C=O) groups is 1. The summed E-state index contributed by atoms with van der Waals surface area (Å²) in [6.45, 7) is 9.09. The quantitative estimate of drug-likeness (QED) is 0.171. The molecule has 9 heteroatoms. The Morgan fingerprint density at radius 2 is 1.97 bits per heavy atom. The van der Waals surface area contributed by atoms with Crippen molar-refractivity contribution in [2.45, 2.75) is 39.5 Å². The summed E-state index contributed by atoms with van der Waals surface area (Å²) in [6, 6.07) is 5.76. The van der Waals surface area contributed by atoms with Crippen molar-refractivity contribution in [3.63, 3.8) is 0 Å². The van der Waals surface area contributed by atoms with E-state index >= 15 is 0 Å². The molecule has 1 aliphatic heterocycles. The maximum absolute atomic E-state index is 11.3. The highest BCUT2D eigenvalue weighted by Crippen LogP contribution is 2.30. The molecule has 0 aromatic heterocycles. The summed E-state index contributed by atoms with van der Waals surface area (Å²) in [6.07, 6.45) is 3.86. The molecule has 0 atom stereocenters. The number of hydrogen-bond acceptors (Lipinski definition) is 5. The average Bonchev–Trinajstić information content (AvgIpc) is 2.75. The number of primary amides is 1. The van der Waals surface area contributed by atoms with Crippen LogP contribution in [0.5, 0.6) is 11.5 Å². The van der Waals surface area contributed by atoms with E-state index in [-0.39, 0.29) is 35.8 Å². The third-order valence-electron chi connectivity index (χ3n) is 5.21. The minimum Gasteiger partial charge on any atom is -0.493 e. The zero-order valence-electron chi connectivity index (χ0n) is 19.0. The molecule has 0 radical (unpaired) electrons. The zero-order chi connectivity index (χ0) is 21.8. The summed E-state index contributed by atoms with van der Waals surface area (Å²) in [5, 5.41) is 6.61. The predicted octanol–water partition coefficient (Wildman–Crippen LogP) is 3.07. The minimum atomic E-state index is -0.155. The van der Waals surface area contributed by atoms with E-state index in [9.17, 15) is 4.79 Å². The normalized spacial score (nSPS) is 15.1. The standard InChI is InChI=1S/C22H37N5O3.HI/c1-4-24-22(26-18-8-9-19(30-5-2)20(16-18)29-3)25-12-6-7-13-27-14-10-17(11-15-27)21(23)28;/h8-9,16-17H,4-7,10-15H2,1-3H3,(H2,23,28)(H2,24,25,26);1H. The molecule has 0 aliphatic carbocycles. The van der Waals surface area contributed by atoms with Crippen LogP contribution in [0.1, 0.15) is 39.5 Å². The van der Waals surface area contributed by atoms with E-state index in [1.165, 1.54) is 0 Å². The molecule has 1 aromatic carbocycles. The van der Waals surface area contributed by atoms with Crippen LogP contribution in [0.15, 0.2) is 23.2 Å². The lowest BCUT2D eigenvalue weighted by molar-refractivity contribution is -0.123. The summed E-state index contributed by atoms with van der Waals surface area (Å²) in [5.74, 6) is 2.08. The van der Waals surface area contributed by atoms with E-state index in [0.717, 1.165) is 75.8 Å². The van der Waals surface area contributed by atoms with Gasteiger partial charge in [0.2, 0.25) is 5.91 Å². The van der Waals surface area contributed by atoms with Crippen LogP contribution >= 0.6 is 24.0 Å². The summed E-state index contributed by atoms with van der Waals surface area (Å²) in [4.78, 5) is 18.4. The number of amides is 1. The van der Waals surface area contributed by atoms with Crippen molar-refractivity contribution in [1.82, 2.24) is 10.2 Å². The number of aliphatic imine (C=N–C) groups is 1. The van der Waals surface area contributed by atoms with Gasteiger partial charge < -0.3 is 30.7 Å². The summed E-state index contributed by atoms with van der Waals surface area (Å²) in [7, 11) is 1.64. The van der Waals surface area contributed by atoms with E-state index in [0.29, 0.717) is 12.4 Å². The largest absolute Gasteiger partial charge is 0.493 e. The third-order valence-corrected chi connectivity index (χ3v) is 5.21. The molecule has 4 N–H and O–H groups in total. The van der Waals surface area contributed by atoms with Gasteiger partial charge in [-0.25, -0.2) is 0 Å². The number of nitrogens with one attached hydrogen (secondary N) is 2. The molecular formula is C22H38IN5O3. The van der Waals surface area contributed by atoms with Crippen molar-refractivity contribution < 1.29 is 14.3 Å². The fourth-order valence-electron chi connectivity index (χ4n) is 3.54. The molecule has 0 unspecified atom stereocenters. The minimum absolute atomic E-state index is 0. The van der Waals surface area contributed by atoms with Crippen molar-refractivity contribution in [2.24, 2.45) is 16.6 Å². The lowest BCUT2D eigenvalue weighted by Gasteiger charge is -2.30. The van der Waals surface area contributed by atoms with Gasteiger partial charge in [-0.2, -0.15) is 0 Å². The van der Waals surface area contributed by atoms with Crippen LogP contribution in [-0.2, 0) is 4.79 Å². The number of carbonyl (C=O) groups excluding carboxylic acids is 1. The number of hydrogen-bond donors (Lipinski definition) is 3. The highest BCUT2D eigenvalue weighted by atomic mass is 127. The summed E-state index contributed by atoms with van der Waals surface area (Å²) < 4.78 is 11.0. The van der Waals surface area contributed by atoms with E-state index in [2.05, 4.69) is 20.5 Å². The number of guanidine groups is 1. The molecule has 8 nitrogen and oxygen atoms in total. The van der Waals surface area contributed by atoms with Crippen molar-refractivity contribution in [3.05, 3.63) is 18.2 Å². The number of nitrogens with zero attached hydrogens (tertiary/aromatic N) is 2. The first-order valence-corrected chi connectivity index (χ1v) is 10.9. The monoisotopic (exact) mass is 547 g/mol. The highest BCUT2D eigenvalue weighted by Gasteiger charge is 2.22. The van der Waals surface area contributed by atoms with Crippen LogP contribution in [0.4, 0.5) is 5.69 Å². The SMILES string of the molecule is CCNC(=NCCCCN1CCC(C(N)=O)CC1)Nc1ccc(OCC)c(OC)c1.I. The van der Waals surface area contributed by atoms with Crippen LogP contribution in [0.25, 0.3) is 0 Å². The van der Waals surface area contributed by atoms with Crippen LogP contribution in [0.2, 0.25) is 0 Å². The molecule has 0 saturated carbocycles.